The molecule has 2 heterocycles. The average molecular weight is 685 g/mol. The molecule has 5 rings (SSSR count). The lowest BCUT2D eigenvalue weighted by Crippen LogP contribution is -2.26. The molecule has 9 nitrogen and oxygen atoms in total. The number of aliphatic carboxylic acids is 1. The van der Waals surface area contributed by atoms with Gasteiger partial charge in [-0.25, -0.2) is 21.6 Å². The number of rotatable bonds is 13. The number of sulfonamides is 1. The number of carbonyl (C=O) groups is 1. The van der Waals surface area contributed by atoms with Gasteiger partial charge in [0, 0.05) is 55.5 Å². The predicted octanol–water partition coefficient (Wildman–Crippen LogP) is 6.04. The molecular formula is C35H39F3N4O5S. The number of halogens is 3. The summed E-state index contributed by atoms with van der Waals surface area (Å²) in [6, 6.07) is 10.2. The molecule has 0 aromatic heterocycles. The molecule has 1 saturated heterocycles. The summed E-state index contributed by atoms with van der Waals surface area (Å²) in [5.41, 5.74) is 3.06. The van der Waals surface area contributed by atoms with E-state index >= 15 is 13.2 Å². The van der Waals surface area contributed by atoms with E-state index in [9.17, 15) is 13.2 Å². The summed E-state index contributed by atoms with van der Waals surface area (Å²) in [7, 11) is -1.80. The maximum Gasteiger partial charge on any atom is 0.303 e. The van der Waals surface area contributed by atoms with Crippen LogP contribution in [0.25, 0.3) is 6.08 Å². The highest BCUT2D eigenvalue weighted by atomic mass is 32.2. The van der Waals surface area contributed by atoms with Crippen LogP contribution in [-0.4, -0.2) is 43.1 Å². The van der Waals surface area contributed by atoms with E-state index in [1.807, 2.05) is 6.92 Å². The molecule has 0 spiro atoms. The molecule has 2 unspecified atom stereocenters. The lowest BCUT2D eigenvalue weighted by Gasteiger charge is -2.23. The smallest absolute Gasteiger partial charge is 0.303 e. The summed E-state index contributed by atoms with van der Waals surface area (Å²) in [5, 5.41) is 18.2. The molecule has 1 fully saturated rings. The third-order valence-corrected chi connectivity index (χ3v) is 10.6. The van der Waals surface area contributed by atoms with E-state index in [2.05, 4.69) is 16.0 Å². The molecule has 13 heteroatoms. The topological polar surface area (TPSA) is 120 Å². The largest absolute Gasteiger partial charge is 0.481 e. The van der Waals surface area contributed by atoms with Crippen molar-refractivity contribution in [1.29, 1.82) is 0 Å². The number of allylic oxidation sites excluding steroid dienone is 1. The standard InChI is InChI=1S/C35H39F3N4O5S/c1-4-22-17-30(37)34(28(26(22)13-14-39-3)20-42-15-6-16-48(42,45)46)47-24-10-11-29(36)27(18-24)35-40-19-31(41-35)21(2)25-8-5-7-23(33(25)38)9-12-32(43)44/h5,7-8,10-11,13-14,17-19,21,35,39-41H,4,6,9,12,15-16,20H2,1-3H3,(H,43,44)/b14-13-. The van der Waals surface area contributed by atoms with Crippen molar-refractivity contribution in [3.8, 4) is 11.5 Å². The van der Waals surface area contributed by atoms with Crippen molar-refractivity contribution in [3.05, 3.63) is 111 Å². The van der Waals surface area contributed by atoms with Crippen molar-refractivity contribution in [3.63, 3.8) is 0 Å². The quantitative estimate of drug-likeness (QED) is 0.172. The minimum Gasteiger partial charge on any atom is -0.481 e. The van der Waals surface area contributed by atoms with E-state index in [4.69, 9.17) is 9.84 Å². The van der Waals surface area contributed by atoms with Crippen LogP contribution in [0, 0.1) is 17.5 Å². The van der Waals surface area contributed by atoms with Crippen LogP contribution in [-0.2, 0) is 34.2 Å². The van der Waals surface area contributed by atoms with Gasteiger partial charge in [0.05, 0.1) is 5.75 Å². The number of nitrogens with one attached hydrogen (secondary N) is 3. The zero-order valence-electron chi connectivity index (χ0n) is 26.9. The van der Waals surface area contributed by atoms with Crippen molar-refractivity contribution < 1.29 is 36.2 Å². The fourth-order valence-electron chi connectivity index (χ4n) is 6.04. The van der Waals surface area contributed by atoms with E-state index in [1.165, 1.54) is 28.6 Å². The highest BCUT2D eigenvalue weighted by Gasteiger charge is 2.32. The number of carboxylic acids is 1. The Morgan fingerprint density at radius 3 is 2.65 bits per heavy atom. The molecule has 0 aliphatic carbocycles. The molecule has 2 aliphatic heterocycles. The van der Waals surface area contributed by atoms with Crippen LogP contribution in [0.1, 0.15) is 72.2 Å². The Bertz CT molecular complexity index is 1870. The summed E-state index contributed by atoms with van der Waals surface area (Å²) >= 11 is 0. The summed E-state index contributed by atoms with van der Waals surface area (Å²) in [6.07, 6.45) is 5.11. The van der Waals surface area contributed by atoms with E-state index in [1.54, 1.807) is 50.6 Å². The second-order valence-corrected chi connectivity index (χ2v) is 13.9. The molecule has 0 amide bonds. The Morgan fingerprint density at radius 2 is 1.96 bits per heavy atom. The van der Waals surface area contributed by atoms with E-state index in [-0.39, 0.29) is 42.2 Å². The highest BCUT2D eigenvalue weighted by Crippen LogP contribution is 2.38. The van der Waals surface area contributed by atoms with Gasteiger partial charge in [0.2, 0.25) is 10.0 Å². The number of benzene rings is 3. The first-order chi connectivity index (χ1) is 22.9. The minimum atomic E-state index is -3.52. The third kappa shape index (κ3) is 7.47. The van der Waals surface area contributed by atoms with Gasteiger partial charge in [0.15, 0.2) is 11.6 Å². The SMILES string of the molecule is CCc1cc(F)c(Oc2ccc(F)c(C3NC=C(C(C)c4cccc(CCC(=O)O)c4F)N3)c2)c(CN2CCCS2(=O)=O)c1/C=C\NC. The molecule has 2 aliphatic rings. The molecule has 0 saturated carbocycles. The van der Waals surface area contributed by atoms with Crippen molar-refractivity contribution in [2.45, 2.75) is 58.2 Å². The van der Waals surface area contributed by atoms with Crippen molar-refractivity contribution in [2.24, 2.45) is 0 Å². The third-order valence-electron chi connectivity index (χ3n) is 8.66. The minimum absolute atomic E-state index is 0.0149. The second kappa shape index (κ2) is 14.7. The van der Waals surface area contributed by atoms with Crippen LogP contribution < -0.4 is 20.7 Å². The Labute approximate surface area is 278 Å². The zero-order valence-corrected chi connectivity index (χ0v) is 27.8. The number of hydrogen-bond acceptors (Lipinski definition) is 7. The molecule has 4 N–H and O–H groups in total. The van der Waals surface area contributed by atoms with Crippen molar-refractivity contribution >= 4 is 22.1 Å². The van der Waals surface area contributed by atoms with Gasteiger partial charge in [-0.05, 0) is 78.1 Å². The van der Waals surface area contributed by atoms with E-state index in [0.717, 1.165) is 0 Å². The average Bonchev–Trinajstić information content (AvgIpc) is 3.68. The first-order valence-electron chi connectivity index (χ1n) is 15.8. The van der Waals surface area contributed by atoms with Crippen molar-refractivity contribution in [1.82, 2.24) is 20.3 Å². The molecule has 0 bridgehead atoms. The Balaban J connectivity index is 1.42. The lowest BCUT2D eigenvalue weighted by atomic mass is 9.94. The first-order valence-corrected chi connectivity index (χ1v) is 17.4. The number of nitrogens with zero attached hydrogens (tertiary/aromatic N) is 1. The van der Waals surface area contributed by atoms with Gasteiger partial charge in [-0.1, -0.05) is 32.0 Å². The molecule has 2 atom stereocenters. The van der Waals surface area contributed by atoms with E-state index in [0.29, 0.717) is 52.9 Å². The van der Waals surface area contributed by atoms with Gasteiger partial charge in [0.1, 0.15) is 23.5 Å². The van der Waals surface area contributed by atoms with Gasteiger partial charge in [-0.15, -0.1) is 0 Å². The summed E-state index contributed by atoms with van der Waals surface area (Å²) in [4.78, 5) is 11.0. The zero-order chi connectivity index (χ0) is 34.6. The van der Waals surface area contributed by atoms with Crippen LogP contribution >= 0.6 is 0 Å². The summed E-state index contributed by atoms with van der Waals surface area (Å²) < 4.78 is 79.3. The molecule has 3 aromatic carbocycles. The van der Waals surface area contributed by atoms with Crippen LogP contribution in [0.2, 0.25) is 0 Å². The van der Waals surface area contributed by atoms with Gasteiger partial charge >= 0.3 is 5.97 Å². The molecule has 0 radical (unpaired) electrons. The first kappa shape index (κ1) is 34.8. The maximum atomic E-state index is 15.8. The second-order valence-electron chi connectivity index (χ2n) is 11.8. The lowest BCUT2D eigenvalue weighted by molar-refractivity contribution is -0.136. The van der Waals surface area contributed by atoms with Gasteiger partial charge < -0.3 is 25.8 Å². The number of ether oxygens (including phenoxy) is 1. The molecule has 48 heavy (non-hydrogen) atoms. The predicted molar refractivity (Wildman–Crippen MR) is 177 cm³/mol. The Kier molecular flexibility index (Phi) is 10.7. The molecule has 3 aromatic rings. The summed E-state index contributed by atoms with van der Waals surface area (Å²) in [5.74, 6) is -3.23. The fourth-order valence-corrected chi connectivity index (χ4v) is 7.52. The van der Waals surface area contributed by atoms with Gasteiger partial charge in [0.25, 0.3) is 0 Å². The summed E-state index contributed by atoms with van der Waals surface area (Å²) in [6.45, 7) is 3.87. The van der Waals surface area contributed by atoms with E-state index < -0.39 is 45.5 Å². The highest BCUT2D eigenvalue weighted by molar-refractivity contribution is 7.89. The number of hydrogen-bond donors (Lipinski definition) is 4. The van der Waals surface area contributed by atoms with Crippen molar-refractivity contribution in [2.75, 3.05) is 19.3 Å². The Morgan fingerprint density at radius 1 is 1.17 bits per heavy atom. The normalized spacial score (nSPS) is 18.0. The fraction of sp³-hybridized carbons (Fsp3) is 0.343. The number of aryl methyl sites for hydroxylation is 2. The number of carboxylic acid groups (broad SMARTS) is 1. The van der Waals surface area contributed by atoms with Crippen LogP contribution in [0.5, 0.6) is 11.5 Å². The monoisotopic (exact) mass is 684 g/mol. The molecule has 256 valence electrons. The van der Waals surface area contributed by atoms with Crippen LogP contribution in [0.3, 0.4) is 0 Å². The van der Waals surface area contributed by atoms with Crippen LogP contribution in [0.15, 0.2) is 60.6 Å². The van der Waals surface area contributed by atoms with Crippen LogP contribution in [0.4, 0.5) is 13.2 Å². The maximum absolute atomic E-state index is 15.8. The Hall–Kier alpha value is -4.49. The van der Waals surface area contributed by atoms with Gasteiger partial charge in [-0.2, -0.15) is 4.31 Å². The molecular weight excluding hydrogens is 645 g/mol. The van der Waals surface area contributed by atoms with Gasteiger partial charge in [-0.3, -0.25) is 4.79 Å².